The van der Waals surface area contributed by atoms with E-state index in [0.717, 1.165) is 32.5 Å². The molecule has 2 aliphatic rings. The Morgan fingerprint density at radius 2 is 2.35 bits per heavy atom. The van der Waals surface area contributed by atoms with E-state index in [1.807, 2.05) is 0 Å². The second-order valence-electron chi connectivity index (χ2n) is 5.98. The van der Waals surface area contributed by atoms with Gasteiger partial charge in [0.1, 0.15) is 0 Å². The summed E-state index contributed by atoms with van der Waals surface area (Å²) in [4.78, 5) is 2.54. The lowest BCUT2D eigenvalue weighted by Gasteiger charge is -2.35. The fourth-order valence-corrected chi connectivity index (χ4v) is 3.56. The topological polar surface area (TPSA) is 39.1 Å². The van der Waals surface area contributed by atoms with Crippen LogP contribution < -0.4 is 5.32 Å². The van der Waals surface area contributed by atoms with Crippen LogP contribution in [0.4, 0.5) is 5.69 Å². The molecule has 0 spiro atoms. The molecule has 1 aromatic carbocycles. The van der Waals surface area contributed by atoms with E-state index in [1.54, 1.807) is 0 Å². The lowest BCUT2D eigenvalue weighted by molar-refractivity contribution is 0.201. The van der Waals surface area contributed by atoms with Crippen molar-refractivity contribution in [3.63, 3.8) is 0 Å². The average Bonchev–Trinajstić information content (AvgIpc) is 2.84. The molecule has 2 unspecified atom stereocenters. The first kappa shape index (κ1) is 13.5. The summed E-state index contributed by atoms with van der Waals surface area (Å²) in [6, 6.07) is 9.76. The number of nitrogens with one attached hydrogen (secondary N) is 1. The molecule has 2 aliphatic heterocycles. The molecule has 1 saturated heterocycles. The maximum absolute atomic E-state index is 8.66. The Balaban J connectivity index is 1.71. The summed E-state index contributed by atoms with van der Waals surface area (Å²) in [5, 5.41) is 12.4. The molecule has 1 N–H and O–H groups in total. The molecule has 3 rings (SSSR count). The second-order valence-corrected chi connectivity index (χ2v) is 5.98. The third-order valence-corrected chi connectivity index (χ3v) is 4.72. The molecule has 2 heterocycles. The van der Waals surface area contributed by atoms with Crippen LogP contribution in [0.15, 0.2) is 18.2 Å². The highest BCUT2D eigenvalue weighted by Crippen LogP contribution is 2.40. The Labute approximate surface area is 121 Å². The highest BCUT2D eigenvalue weighted by molar-refractivity contribution is 5.61. The van der Waals surface area contributed by atoms with Gasteiger partial charge in [-0.05, 0) is 43.0 Å². The average molecular weight is 269 g/mol. The van der Waals surface area contributed by atoms with Gasteiger partial charge in [0.15, 0.2) is 0 Å². The number of nitrogens with zero attached hydrogens (tertiary/aromatic N) is 2. The molecular weight excluding hydrogens is 246 g/mol. The number of anilines is 1. The van der Waals surface area contributed by atoms with Gasteiger partial charge in [-0.25, -0.2) is 0 Å². The van der Waals surface area contributed by atoms with Crippen molar-refractivity contribution >= 4 is 5.69 Å². The van der Waals surface area contributed by atoms with Crippen molar-refractivity contribution in [1.29, 1.82) is 5.26 Å². The van der Waals surface area contributed by atoms with Crippen LogP contribution in [0.2, 0.25) is 0 Å². The maximum Gasteiger partial charge on any atom is 0.0622 e. The summed E-state index contributed by atoms with van der Waals surface area (Å²) in [6.45, 7) is 5.59. The lowest BCUT2D eigenvalue weighted by atomic mass is 9.88. The van der Waals surface area contributed by atoms with E-state index in [2.05, 4.69) is 41.4 Å². The molecule has 0 radical (unpaired) electrons. The molecule has 2 atom stereocenters. The standard InChI is InChI=1S/C17H23N3/c1-2-13-5-6-16-14(11-13)15-12-20(9-4-3-8-18)10-7-17(15)19-16/h5-6,11,15,17,19H,2-4,7,9-10,12H2,1H3. The molecule has 1 fully saturated rings. The first-order valence-electron chi connectivity index (χ1n) is 7.80. The van der Waals surface area contributed by atoms with E-state index in [9.17, 15) is 0 Å². The van der Waals surface area contributed by atoms with Crippen LogP contribution in [0.1, 0.15) is 43.2 Å². The van der Waals surface area contributed by atoms with E-state index in [1.165, 1.54) is 23.2 Å². The van der Waals surface area contributed by atoms with Gasteiger partial charge in [0.2, 0.25) is 0 Å². The first-order valence-corrected chi connectivity index (χ1v) is 7.80. The first-order chi connectivity index (χ1) is 9.81. The highest BCUT2D eigenvalue weighted by Gasteiger charge is 2.36. The van der Waals surface area contributed by atoms with Gasteiger partial charge in [-0.15, -0.1) is 0 Å². The summed E-state index contributed by atoms with van der Waals surface area (Å²) in [6.07, 6.45) is 4.01. The van der Waals surface area contributed by atoms with Gasteiger partial charge in [-0.3, -0.25) is 0 Å². The molecule has 0 bridgehead atoms. The van der Waals surface area contributed by atoms with Crippen molar-refractivity contribution in [2.24, 2.45) is 0 Å². The fourth-order valence-electron chi connectivity index (χ4n) is 3.56. The normalized spacial score (nSPS) is 24.6. The minimum atomic E-state index is 0.615. The van der Waals surface area contributed by atoms with Crippen molar-refractivity contribution in [3.8, 4) is 6.07 Å². The largest absolute Gasteiger partial charge is 0.381 e. The number of hydrogen-bond acceptors (Lipinski definition) is 3. The number of aryl methyl sites for hydroxylation is 1. The Morgan fingerprint density at radius 1 is 1.45 bits per heavy atom. The van der Waals surface area contributed by atoms with E-state index >= 15 is 0 Å². The molecule has 0 amide bonds. The Hall–Kier alpha value is -1.53. The van der Waals surface area contributed by atoms with Gasteiger partial charge in [-0.1, -0.05) is 19.1 Å². The van der Waals surface area contributed by atoms with Gasteiger partial charge in [-0.2, -0.15) is 5.26 Å². The van der Waals surface area contributed by atoms with Crippen molar-refractivity contribution in [2.45, 2.75) is 44.6 Å². The van der Waals surface area contributed by atoms with Gasteiger partial charge in [0.25, 0.3) is 0 Å². The summed E-state index contributed by atoms with van der Waals surface area (Å²) in [7, 11) is 0. The lowest BCUT2D eigenvalue weighted by Crippen LogP contribution is -2.42. The maximum atomic E-state index is 8.66. The van der Waals surface area contributed by atoms with Crippen molar-refractivity contribution in [3.05, 3.63) is 29.3 Å². The zero-order valence-electron chi connectivity index (χ0n) is 12.2. The Bertz CT molecular complexity index is 517. The summed E-state index contributed by atoms with van der Waals surface area (Å²) in [5.41, 5.74) is 4.29. The van der Waals surface area contributed by atoms with Gasteiger partial charge >= 0.3 is 0 Å². The van der Waals surface area contributed by atoms with Crippen LogP contribution in [-0.2, 0) is 6.42 Å². The number of hydrogen-bond donors (Lipinski definition) is 1. The molecule has 0 aliphatic carbocycles. The SMILES string of the molecule is CCc1ccc2c(c1)C1CN(CCCC#N)CCC1N2. The van der Waals surface area contributed by atoms with Crippen molar-refractivity contribution < 1.29 is 0 Å². The Morgan fingerprint density at radius 3 is 3.15 bits per heavy atom. The molecule has 20 heavy (non-hydrogen) atoms. The number of piperidine rings is 1. The number of benzene rings is 1. The zero-order valence-corrected chi connectivity index (χ0v) is 12.2. The van der Waals surface area contributed by atoms with Gasteiger partial charge < -0.3 is 10.2 Å². The number of unbranched alkanes of at least 4 members (excludes halogenated alkanes) is 1. The van der Waals surface area contributed by atoms with Crippen LogP contribution in [0.3, 0.4) is 0 Å². The van der Waals surface area contributed by atoms with Gasteiger partial charge in [0.05, 0.1) is 6.07 Å². The third kappa shape index (κ3) is 2.53. The predicted molar refractivity (Wildman–Crippen MR) is 81.9 cm³/mol. The third-order valence-electron chi connectivity index (χ3n) is 4.72. The summed E-state index contributed by atoms with van der Waals surface area (Å²) < 4.78 is 0. The highest BCUT2D eigenvalue weighted by atomic mass is 15.2. The van der Waals surface area contributed by atoms with E-state index in [0.29, 0.717) is 18.4 Å². The second kappa shape index (κ2) is 5.85. The molecule has 0 saturated carbocycles. The van der Waals surface area contributed by atoms with E-state index in [-0.39, 0.29) is 0 Å². The van der Waals surface area contributed by atoms with Crippen LogP contribution in [0, 0.1) is 11.3 Å². The summed E-state index contributed by atoms with van der Waals surface area (Å²) >= 11 is 0. The van der Waals surface area contributed by atoms with Crippen LogP contribution >= 0.6 is 0 Å². The predicted octanol–water partition coefficient (Wildman–Crippen LogP) is 3.14. The monoisotopic (exact) mass is 269 g/mol. The molecule has 0 aromatic heterocycles. The molecule has 1 aromatic rings. The number of nitriles is 1. The smallest absolute Gasteiger partial charge is 0.0622 e. The minimum absolute atomic E-state index is 0.615. The molecular formula is C17H23N3. The van der Waals surface area contributed by atoms with Crippen molar-refractivity contribution in [1.82, 2.24) is 4.90 Å². The number of rotatable bonds is 4. The zero-order chi connectivity index (χ0) is 13.9. The number of likely N-dealkylation sites (tertiary alicyclic amines) is 1. The Kier molecular flexibility index (Phi) is 3.93. The number of fused-ring (bicyclic) bond motifs is 3. The minimum Gasteiger partial charge on any atom is -0.381 e. The van der Waals surface area contributed by atoms with E-state index < -0.39 is 0 Å². The fraction of sp³-hybridized carbons (Fsp3) is 0.588. The quantitative estimate of drug-likeness (QED) is 0.854. The van der Waals surface area contributed by atoms with Gasteiger partial charge in [0, 0.05) is 37.2 Å². The van der Waals surface area contributed by atoms with Crippen LogP contribution in [0.5, 0.6) is 0 Å². The molecule has 106 valence electrons. The van der Waals surface area contributed by atoms with E-state index in [4.69, 9.17) is 5.26 Å². The van der Waals surface area contributed by atoms with Crippen LogP contribution in [-0.4, -0.2) is 30.6 Å². The van der Waals surface area contributed by atoms with Crippen molar-refractivity contribution in [2.75, 3.05) is 25.0 Å². The summed E-state index contributed by atoms with van der Waals surface area (Å²) in [5.74, 6) is 0.632. The molecule has 3 heteroatoms. The molecule has 3 nitrogen and oxygen atoms in total. The van der Waals surface area contributed by atoms with Crippen LogP contribution in [0.25, 0.3) is 0 Å².